The van der Waals surface area contributed by atoms with E-state index in [-0.39, 0.29) is 12.2 Å². The van der Waals surface area contributed by atoms with Crippen LogP contribution in [0.5, 0.6) is 0 Å². The number of rotatable bonds is 1. The molecule has 0 saturated carbocycles. The summed E-state index contributed by atoms with van der Waals surface area (Å²) in [4.78, 5) is 36.3. The third kappa shape index (κ3) is 3.00. The van der Waals surface area contributed by atoms with E-state index in [1.807, 2.05) is 0 Å². The van der Waals surface area contributed by atoms with Crippen molar-refractivity contribution in [2.24, 2.45) is 0 Å². The van der Waals surface area contributed by atoms with E-state index in [0.717, 1.165) is 4.90 Å². The fraction of sp³-hybridized carbons (Fsp3) is 0.750. The lowest BCUT2D eigenvalue weighted by Crippen LogP contribution is -2.47. The molecule has 1 amide bonds. The van der Waals surface area contributed by atoms with Crippen molar-refractivity contribution in [2.75, 3.05) is 7.11 Å². The maximum Gasteiger partial charge on any atom is 0.411 e. The van der Waals surface area contributed by atoms with Crippen LogP contribution in [-0.2, 0) is 19.1 Å². The highest BCUT2D eigenvalue weighted by molar-refractivity contribution is 5.97. The average Bonchev–Trinajstić information content (AvgIpc) is 2.52. The van der Waals surface area contributed by atoms with E-state index in [9.17, 15) is 14.4 Å². The van der Waals surface area contributed by atoms with Crippen LogP contribution in [0.3, 0.4) is 0 Å². The Labute approximate surface area is 106 Å². The maximum atomic E-state index is 12.0. The summed E-state index contributed by atoms with van der Waals surface area (Å²) in [6, 6.07) is -1.55. The first-order chi connectivity index (χ1) is 8.17. The van der Waals surface area contributed by atoms with Crippen molar-refractivity contribution in [3.05, 3.63) is 0 Å². The highest BCUT2D eigenvalue weighted by Crippen LogP contribution is 2.24. The zero-order chi connectivity index (χ0) is 14.1. The van der Waals surface area contributed by atoms with Crippen molar-refractivity contribution >= 4 is 17.8 Å². The summed E-state index contributed by atoms with van der Waals surface area (Å²) in [7, 11) is 1.23. The largest absolute Gasteiger partial charge is 0.467 e. The molecule has 0 aromatic carbocycles. The summed E-state index contributed by atoms with van der Waals surface area (Å²) in [6.07, 6.45) is -0.691. The lowest BCUT2D eigenvalue weighted by molar-refractivity contribution is -0.146. The summed E-state index contributed by atoms with van der Waals surface area (Å²) < 4.78 is 9.79. The second-order valence-corrected chi connectivity index (χ2v) is 5.27. The Morgan fingerprint density at radius 2 is 1.89 bits per heavy atom. The highest BCUT2D eigenvalue weighted by atomic mass is 16.6. The fourth-order valence-corrected chi connectivity index (χ4v) is 1.82. The maximum absolute atomic E-state index is 12.0. The van der Waals surface area contributed by atoms with Crippen LogP contribution in [-0.4, -0.2) is 47.5 Å². The smallest absolute Gasteiger partial charge is 0.411 e. The third-order valence-corrected chi connectivity index (χ3v) is 2.69. The molecular weight excluding hydrogens is 238 g/mol. The van der Waals surface area contributed by atoms with Gasteiger partial charge in [0.15, 0.2) is 5.78 Å². The van der Waals surface area contributed by atoms with Gasteiger partial charge in [0.2, 0.25) is 0 Å². The zero-order valence-corrected chi connectivity index (χ0v) is 11.4. The number of ether oxygens (including phenoxy) is 2. The molecule has 1 aliphatic rings. The number of hydrogen-bond acceptors (Lipinski definition) is 5. The molecule has 6 heteroatoms. The Bertz CT molecular complexity index is 371. The first kappa shape index (κ1) is 14.5. The van der Waals surface area contributed by atoms with Crippen molar-refractivity contribution in [1.82, 2.24) is 4.90 Å². The number of amides is 1. The molecule has 0 aromatic heterocycles. The molecule has 0 aliphatic carbocycles. The normalized spacial score (nSPS) is 24.1. The van der Waals surface area contributed by atoms with Crippen molar-refractivity contribution < 1.29 is 23.9 Å². The minimum absolute atomic E-state index is 0.0208. The minimum atomic E-state index is -0.882. The number of ketones is 1. The van der Waals surface area contributed by atoms with Gasteiger partial charge >= 0.3 is 12.1 Å². The first-order valence-electron chi connectivity index (χ1n) is 5.79. The quantitative estimate of drug-likeness (QED) is 0.658. The minimum Gasteiger partial charge on any atom is -0.467 e. The molecule has 1 aliphatic heterocycles. The molecule has 0 spiro atoms. The van der Waals surface area contributed by atoms with Gasteiger partial charge in [-0.1, -0.05) is 0 Å². The molecule has 0 N–H and O–H groups in total. The van der Waals surface area contributed by atoms with Gasteiger partial charge in [0.1, 0.15) is 11.6 Å². The summed E-state index contributed by atoms with van der Waals surface area (Å²) in [6.45, 7) is 6.75. The molecule has 1 rings (SSSR count). The van der Waals surface area contributed by atoms with E-state index in [1.165, 1.54) is 7.11 Å². The molecule has 1 saturated heterocycles. The van der Waals surface area contributed by atoms with Crippen molar-refractivity contribution in [3.8, 4) is 0 Å². The Kier molecular flexibility index (Phi) is 3.98. The number of nitrogens with zero attached hydrogens (tertiary/aromatic N) is 1. The van der Waals surface area contributed by atoms with Crippen LogP contribution >= 0.6 is 0 Å². The van der Waals surface area contributed by atoms with Gasteiger partial charge in [0, 0.05) is 6.42 Å². The standard InChI is InChI=1S/C12H19NO5/c1-7-9(14)6-8(10(15)17-5)13(7)11(16)18-12(2,3)4/h7-8H,6H2,1-5H3/t7-,8?/m0/s1. The molecule has 18 heavy (non-hydrogen) atoms. The number of Topliss-reactive ketones (excluding diaryl/α,β-unsaturated/α-hetero) is 1. The lowest BCUT2D eigenvalue weighted by atomic mass is 10.2. The zero-order valence-electron chi connectivity index (χ0n) is 11.4. The average molecular weight is 257 g/mol. The molecular formula is C12H19NO5. The fourth-order valence-electron chi connectivity index (χ4n) is 1.82. The van der Waals surface area contributed by atoms with E-state index in [0.29, 0.717) is 0 Å². The molecule has 0 radical (unpaired) electrons. The number of esters is 1. The van der Waals surface area contributed by atoms with Crippen molar-refractivity contribution in [3.63, 3.8) is 0 Å². The number of carbonyl (C=O) groups is 3. The van der Waals surface area contributed by atoms with E-state index >= 15 is 0 Å². The molecule has 2 atom stereocenters. The Morgan fingerprint density at radius 1 is 1.33 bits per heavy atom. The first-order valence-corrected chi connectivity index (χ1v) is 5.79. The summed E-state index contributed by atoms with van der Waals surface area (Å²) in [5.74, 6) is -0.769. The van der Waals surface area contributed by atoms with E-state index < -0.39 is 29.7 Å². The van der Waals surface area contributed by atoms with Crippen LogP contribution in [0.1, 0.15) is 34.1 Å². The molecule has 0 bridgehead atoms. The van der Waals surface area contributed by atoms with Crippen molar-refractivity contribution in [2.45, 2.75) is 51.8 Å². The molecule has 1 fully saturated rings. The molecule has 102 valence electrons. The van der Waals surface area contributed by atoms with Crippen molar-refractivity contribution in [1.29, 1.82) is 0 Å². The van der Waals surface area contributed by atoms with Crippen LogP contribution < -0.4 is 0 Å². The number of carbonyl (C=O) groups excluding carboxylic acids is 3. The van der Waals surface area contributed by atoms with E-state index in [4.69, 9.17) is 4.74 Å². The van der Waals surface area contributed by atoms with Gasteiger partial charge in [0.05, 0.1) is 13.2 Å². The van der Waals surface area contributed by atoms with E-state index in [1.54, 1.807) is 27.7 Å². The van der Waals surface area contributed by atoms with Gasteiger partial charge in [-0.25, -0.2) is 9.59 Å². The topological polar surface area (TPSA) is 72.9 Å². The molecule has 1 unspecified atom stereocenters. The SMILES string of the molecule is COC(=O)C1CC(=O)[C@H](C)N1C(=O)OC(C)(C)C. The second kappa shape index (κ2) is 4.96. The Hall–Kier alpha value is -1.59. The molecule has 0 aromatic rings. The van der Waals surface area contributed by atoms with Gasteiger partial charge < -0.3 is 9.47 Å². The number of hydrogen-bond donors (Lipinski definition) is 0. The lowest BCUT2D eigenvalue weighted by Gasteiger charge is -2.29. The van der Waals surface area contributed by atoms with E-state index in [2.05, 4.69) is 4.74 Å². The second-order valence-electron chi connectivity index (χ2n) is 5.27. The summed E-state index contributed by atoms with van der Waals surface area (Å²) in [5.41, 5.74) is -0.677. The van der Waals surface area contributed by atoms with Crippen LogP contribution in [0.25, 0.3) is 0 Å². The van der Waals surface area contributed by atoms with Gasteiger partial charge in [-0.15, -0.1) is 0 Å². The third-order valence-electron chi connectivity index (χ3n) is 2.69. The van der Waals surface area contributed by atoms with Crippen LogP contribution in [0, 0.1) is 0 Å². The summed E-state index contributed by atoms with van der Waals surface area (Å²) >= 11 is 0. The highest BCUT2D eigenvalue weighted by Gasteiger charge is 2.46. The van der Waals surface area contributed by atoms with Gasteiger partial charge in [-0.3, -0.25) is 9.69 Å². The van der Waals surface area contributed by atoms with Crippen LogP contribution in [0.4, 0.5) is 4.79 Å². The Balaban J connectivity index is 2.91. The number of likely N-dealkylation sites (tertiary alicyclic amines) is 1. The monoisotopic (exact) mass is 257 g/mol. The molecule has 1 heterocycles. The van der Waals surface area contributed by atoms with Gasteiger partial charge in [0.25, 0.3) is 0 Å². The van der Waals surface area contributed by atoms with Gasteiger partial charge in [-0.05, 0) is 27.7 Å². The number of methoxy groups -OCH3 is 1. The van der Waals surface area contributed by atoms with Gasteiger partial charge in [-0.2, -0.15) is 0 Å². The van der Waals surface area contributed by atoms with Crippen LogP contribution in [0.2, 0.25) is 0 Å². The van der Waals surface area contributed by atoms with Crippen LogP contribution in [0.15, 0.2) is 0 Å². The Morgan fingerprint density at radius 3 is 2.33 bits per heavy atom. The predicted molar refractivity (Wildman–Crippen MR) is 63.0 cm³/mol. The summed E-state index contributed by atoms with van der Waals surface area (Å²) in [5, 5.41) is 0. The molecule has 6 nitrogen and oxygen atoms in total. The predicted octanol–water partition coefficient (Wildman–Crippen LogP) is 1.13.